The highest BCUT2D eigenvalue weighted by Gasteiger charge is 1.95. The lowest BCUT2D eigenvalue weighted by Crippen LogP contribution is -1.88. The summed E-state index contributed by atoms with van der Waals surface area (Å²) in [6.45, 7) is 10.7. The molecule has 4 rings (SSSR count). The summed E-state index contributed by atoms with van der Waals surface area (Å²) in [6.07, 6.45) is 3.31. The molecule has 0 aliphatic carbocycles. The Morgan fingerprint density at radius 2 is 0.688 bits per heavy atom. The van der Waals surface area contributed by atoms with Crippen LogP contribution in [0.25, 0.3) is 0 Å². The number of aryl methyl sites for hydroxylation is 5. The van der Waals surface area contributed by atoms with Crippen molar-refractivity contribution < 1.29 is 0 Å². The van der Waals surface area contributed by atoms with Gasteiger partial charge in [-0.2, -0.15) is 0 Å². The van der Waals surface area contributed by atoms with E-state index in [1.54, 1.807) is 0 Å². The molecule has 4 aromatic rings. The van der Waals surface area contributed by atoms with E-state index >= 15 is 0 Å². The molecular weight excluding hydrogens is 384 g/mol. The van der Waals surface area contributed by atoms with Gasteiger partial charge in [-0.3, -0.25) is 0 Å². The molecule has 0 atom stereocenters. The Bertz CT molecular complexity index is 949. The summed E-state index contributed by atoms with van der Waals surface area (Å²) >= 11 is 0. The standard InChI is InChI=1S/C15H16.C9H12.C8H10/c1-12-3-7-14(8-4-12)11-15-9-5-13(2)6-10-15;1-3-9-6-4-8(2)5-7-9;1-2-8-6-4-3-5-7-8/h3-10H,11H2,1-2H3;4-7H,3H2,1-2H3;3-7H,2H2,1H3. The summed E-state index contributed by atoms with van der Waals surface area (Å²) in [4.78, 5) is 0. The Morgan fingerprint density at radius 1 is 0.375 bits per heavy atom. The van der Waals surface area contributed by atoms with Crippen LogP contribution in [0, 0.1) is 20.8 Å². The Kier molecular flexibility index (Phi) is 11.0. The van der Waals surface area contributed by atoms with E-state index in [2.05, 4.69) is 132 Å². The van der Waals surface area contributed by atoms with Gasteiger partial charge in [0.15, 0.2) is 0 Å². The second-order valence-corrected chi connectivity index (χ2v) is 8.33. The van der Waals surface area contributed by atoms with Gasteiger partial charge in [0.1, 0.15) is 0 Å². The minimum atomic E-state index is 1.03. The average Bonchev–Trinajstić information content (AvgIpc) is 2.84. The van der Waals surface area contributed by atoms with Crippen molar-refractivity contribution in [2.24, 2.45) is 0 Å². The van der Waals surface area contributed by atoms with Crippen molar-refractivity contribution in [1.82, 2.24) is 0 Å². The third-order valence-corrected chi connectivity index (χ3v) is 5.43. The summed E-state index contributed by atoms with van der Waals surface area (Å²) in [5.41, 5.74) is 9.57. The van der Waals surface area contributed by atoms with E-state index in [0.29, 0.717) is 0 Å². The number of hydrogen-bond donors (Lipinski definition) is 0. The zero-order valence-electron chi connectivity index (χ0n) is 20.4. The molecule has 0 amide bonds. The van der Waals surface area contributed by atoms with Gasteiger partial charge in [0, 0.05) is 0 Å². The van der Waals surface area contributed by atoms with Gasteiger partial charge in [0.2, 0.25) is 0 Å². The Balaban J connectivity index is 0.000000183. The quantitative estimate of drug-likeness (QED) is 0.308. The first-order valence-electron chi connectivity index (χ1n) is 11.7. The molecule has 0 unspecified atom stereocenters. The molecule has 4 aromatic carbocycles. The highest BCUT2D eigenvalue weighted by Crippen LogP contribution is 2.11. The van der Waals surface area contributed by atoms with Crippen molar-refractivity contribution in [3.63, 3.8) is 0 Å². The molecule has 0 aliphatic heterocycles. The monoisotopic (exact) mass is 422 g/mol. The first-order valence-corrected chi connectivity index (χ1v) is 11.7. The molecular formula is C32H38. The number of benzene rings is 4. The summed E-state index contributed by atoms with van der Waals surface area (Å²) in [5, 5.41) is 0. The Labute approximate surface area is 196 Å². The maximum Gasteiger partial charge on any atom is -0.00258 e. The third-order valence-electron chi connectivity index (χ3n) is 5.43. The smallest absolute Gasteiger partial charge is 0.00258 e. The van der Waals surface area contributed by atoms with Gasteiger partial charge < -0.3 is 0 Å². The lowest BCUT2D eigenvalue weighted by molar-refractivity contribution is 1.14. The van der Waals surface area contributed by atoms with Crippen molar-refractivity contribution in [2.45, 2.75) is 53.9 Å². The predicted molar refractivity (Wildman–Crippen MR) is 142 cm³/mol. The average molecular weight is 423 g/mol. The molecule has 0 bridgehead atoms. The van der Waals surface area contributed by atoms with Crippen LogP contribution in [0.2, 0.25) is 0 Å². The van der Waals surface area contributed by atoms with E-state index in [1.807, 2.05) is 6.07 Å². The first kappa shape index (κ1) is 25.1. The fraction of sp³-hybridized carbons (Fsp3) is 0.250. The molecule has 0 heteroatoms. The normalized spacial score (nSPS) is 9.78. The molecule has 166 valence electrons. The van der Waals surface area contributed by atoms with Gasteiger partial charge >= 0.3 is 0 Å². The van der Waals surface area contributed by atoms with E-state index in [0.717, 1.165) is 19.3 Å². The predicted octanol–water partition coefficient (Wildman–Crippen LogP) is 8.70. The molecule has 0 spiro atoms. The van der Waals surface area contributed by atoms with Crippen molar-refractivity contribution in [1.29, 1.82) is 0 Å². The van der Waals surface area contributed by atoms with Gasteiger partial charge in [-0.05, 0) is 62.3 Å². The highest BCUT2D eigenvalue weighted by molar-refractivity contribution is 5.29. The molecule has 0 aliphatic rings. The van der Waals surface area contributed by atoms with Crippen LogP contribution >= 0.6 is 0 Å². The SMILES string of the molecule is CCc1ccc(C)cc1.CCc1ccccc1.Cc1ccc(Cc2ccc(C)cc2)cc1. The topological polar surface area (TPSA) is 0 Å². The van der Waals surface area contributed by atoms with Crippen LogP contribution in [0.15, 0.2) is 103 Å². The highest BCUT2D eigenvalue weighted by atomic mass is 14.0. The maximum atomic E-state index is 2.20. The summed E-state index contributed by atoms with van der Waals surface area (Å²) in [7, 11) is 0. The van der Waals surface area contributed by atoms with Crippen molar-refractivity contribution >= 4 is 0 Å². The number of rotatable bonds is 4. The van der Waals surface area contributed by atoms with Crippen LogP contribution in [0.1, 0.15) is 52.8 Å². The lowest BCUT2D eigenvalue weighted by atomic mass is 10.0. The van der Waals surface area contributed by atoms with Gasteiger partial charge in [0.05, 0.1) is 0 Å². The zero-order chi connectivity index (χ0) is 23.2. The minimum Gasteiger partial charge on any atom is -0.0622 e. The third kappa shape index (κ3) is 9.79. The van der Waals surface area contributed by atoms with Crippen molar-refractivity contribution in [3.8, 4) is 0 Å². The van der Waals surface area contributed by atoms with Gasteiger partial charge in [-0.1, -0.05) is 134 Å². The van der Waals surface area contributed by atoms with E-state index in [4.69, 9.17) is 0 Å². The van der Waals surface area contributed by atoms with Gasteiger partial charge in [-0.15, -0.1) is 0 Å². The van der Waals surface area contributed by atoms with Crippen molar-refractivity contribution in [3.05, 3.63) is 142 Å². The van der Waals surface area contributed by atoms with E-state index in [9.17, 15) is 0 Å². The number of hydrogen-bond acceptors (Lipinski definition) is 0. The van der Waals surface area contributed by atoms with Crippen LogP contribution in [-0.2, 0) is 19.3 Å². The fourth-order valence-electron chi connectivity index (χ4n) is 3.19. The Morgan fingerprint density at radius 3 is 1.00 bits per heavy atom. The molecule has 0 N–H and O–H groups in total. The van der Waals surface area contributed by atoms with Crippen molar-refractivity contribution in [2.75, 3.05) is 0 Å². The Hall–Kier alpha value is -3.12. The van der Waals surface area contributed by atoms with Crippen LogP contribution in [0.3, 0.4) is 0 Å². The molecule has 0 heterocycles. The molecule has 0 saturated heterocycles. The second-order valence-electron chi connectivity index (χ2n) is 8.33. The van der Waals surface area contributed by atoms with E-state index in [1.165, 1.54) is 38.9 Å². The van der Waals surface area contributed by atoms with E-state index < -0.39 is 0 Å². The van der Waals surface area contributed by atoms with Crippen LogP contribution in [-0.4, -0.2) is 0 Å². The first-order chi connectivity index (χ1) is 15.5. The molecule has 0 aromatic heterocycles. The largest absolute Gasteiger partial charge is 0.0622 e. The second kappa shape index (κ2) is 14.0. The van der Waals surface area contributed by atoms with Crippen LogP contribution in [0.4, 0.5) is 0 Å². The van der Waals surface area contributed by atoms with Crippen LogP contribution < -0.4 is 0 Å². The summed E-state index contributed by atoms with van der Waals surface area (Å²) in [6, 6.07) is 36.6. The molecule has 0 fully saturated rings. The fourth-order valence-corrected chi connectivity index (χ4v) is 3.19. The minimum absolute atomic E-state index is 1.03. The lowest BCUT2D eigenvalue weighted by Gasteiger charge is -2.03. The summed E-state index contributed by atoms with van der Waals surface area (Å²) < 4.78 is 0. The van der Waals surface area contributed by atoms with E-state index in [-0.39, 0.29) is 0 Å². The molecule has 0 nitrogen and oxygen atoms in total. The zero-order valence-corrected chi connectivity index (χ0v) is 20.4. The maximum absolute atomic E-state index is 2.20. The van der Waals surface area contributed by atoms with Gasteiger partial charge in [-0.25, -0.2) is 0 Å². The summed E-state index contributed by atoms with van der Waals surface area (Å²) in [5.74, 6) is 0. The molecule has 0 radical (unpaired) electrons. The van der Waals surface area contributed by atoms with Gasteiger partial charge in [0.25, 0.3) is 0 Å². The molecule has 0 saturated carbocycles. The molecule has 32 heavy (non-hydrogen) atoms. The van der Waals surface area contributed by atoms with Crippen LogP contribution in [0.5, 0.6) is 0 Å².